The van der Waals surface area contributed by atoms with E-state index in [1.165, 1.54) is 38.9 Å². The Kier molecular flexibility index (Phi) is 9.12. The highest BCUT2D eigenvalue weighted by Gasteiger charge is 2.29. The highest BCUT2D eigenvalue weighted by atomic mass is 35.5. The molecule has 4 rings (SSSR count). The van der Waals surface area contributed by atoms with E-state index in [0.29, 0.717) is 31.9 Å². The lowest BCUT2D eigenvalue weighted by atomic mass is 10.2. The number of ether oxygens (including phenoxy) is 1. The average molecular weight is 570 g/mol. The van der Waals surface area contributed by atoms with Gasteiger partial charge in [-0.1, -0.05) is 24.4 Å². The number of nitrogens with one attached hydrogen (secondary N) is 1. The molecule has 2 fully saturated rings. The zero-order valence-corrected chi connectivity index (χ0v) is 23.0. The number of sulfonamides is 2. The van der Waals surface area contributed by atoms with Gasteiger partial charge in [-0.25, -0.2) is 16.8 Å². The predicted molar refractivity (Wildman–Crippen MR) is 141 cm³/mol. The van der Waals surface area contributed by atoms with Crippen molar-refractivity contribution < 1.29 is 26.4 Å². The van der Waals surface area contributed by atoms with Gasteiger partial charge < -0.3 is 10.1 Å². The molecule has 0 radical (unpaired) electrons. The molecule has 2 aliphatic rings. The number of rotatable bonds is 9. The molecule has 2 heterocycles. The van der Waals surface area contributed by atoms with Crippen LogP contribution in [0.3, 0.4) is 0 Å². The Labute approximate surface area is 223 Å². The van der Waals surface area contributed by atoms with Gasteiger partial charge in [-0.05, 0) is 68.1 Å². The first-order valence-electron chi connectivity index (χ1n) is 12.5. The molecule has 202 valence electrons. The molecule has 1 amide bonds. The highest BCUT2D eigenvalue weighted by Crippen LogP contribution is 2.28. The summed E-state index contributed by atoms with van der Waals surface area (Å²) < 4.78 is 60.1. The largest absolute Gasteiger partial charge is 0.492 e. The van der Waals surface area contributed by atoms with Crippen LogP contribution in [0.15, 0.2) is 52.3 Å². The summed E-state index contributed by atoms with van der Waals surface area (Å²) in [6, 6.07) is 10.4. The van der Waals surface area contributed by atoms with Gasteiger partial charge in [-0.15, -0.1) is 0 Å². The zero-order chi connectivity index (χ0) is 26.5. The van der Waals surface area contributed by atoms with E-state index in [0.717, 1.165) is 38.5 Å². The Morgan fingerprint density at radius 3 is 2.00 bits per heavy atom. The Hall–Kier alpha value is -2.18. The Bertz CT molecular complexity index is 1300. The van der Waals surface area contributed by atoms with E-state index in [1.54, 1.807) is 12.1 Å². The maximum atomic E-state index is 13.2. The van der Waals surface area contributed by atoms with Crippen LogP contribution in [0.25, 0.3) is 0 Å². The standard InChI is InChI=1S/C25H32ClN3O6S2/c26-23-12-7-20(19-24(23)37(33,34)29-14-3-1-2-4-15-29)25(30)27-13-18-35-21-8-10-22(11-9-21)36(31,32)28-16-5-6-17-28/h7-12,19H,1-6,13-18H2,(H,27,30). The second-order valence-corrected chi connectivity index (χ2v) is 13.4. The van der Waals surface area contributed by atoms with Crippen LogP contribution in [0.1, 0.15) is 48.9 Å². The molecular weight excluding hydrogens is 538 g/mol. The summed E-state index contributed by atoms with van der Waals surface area (Å²) in [5.74, 6) is 0.0339. The van der Waals surface area contributed by atoms with Gasteiger partial charge in [0, 0.05) is 31.7 Å². The molecular formula is C25H32ClN3O6S2. The lowest BCUT2D eigenvalue weighted by molar-refractivity contribution is 0.0946. The zero-order valence-electron chi connectivity index (χ0n) is 20.6. The first-order valence-corrected chi connectivity index (χ1v) is 15.8. The van der Waals surface area contributed by atoms with Gasteiger partial charge in [-0.3, -0.25) is 4.79 Å². The summed E-state index contributed by atoms with van der Waals surface area (Å²) in [5.41, 5.74) is 0.189. The number of amides is 1. The fourth-order valence-corrected chi connectivity index (χ4v) is 8.02. The second kappa shape index (κ2) is 12.1. The minimum absolute atomic E-state index is 0.0658. The molecule has 2 saturated heterocycles. The van der Waals surface area contributed by atoms with Gasteiger partial charge in [-0.2, -0.15) is 8.61 Å². The SMILES string of the molecule is O=C(NCCOc1ccc(S(=O)(=O)N2CCCC2)cc1)c1ccc(Cl)c(S(=O)(=O)N2CCCCCC2)c1. The van der Waals surface area contributed by atoms with Crippen LogP contribution in [-0.4, -0.2) is 70.7 Å². The number of hydrogen-bond acceptors (Lipinski definition) is 6. The molecule has 0 atom stereocenters. The smallest absolute Gasteiger partial charge is 0.251 e. The molecule has 2 aromatic rings. The quantitative estimate of drug-likeness (QED) is 0.463. The van der Waals surface area contributed by atoms with E-state index >= 15 is 0 Å². The van der Waals surface area contributed by atoms with Crippen LogP contribution in [0.2, 0.25) is 5.02 Å². The van der Waals surface area contributed by atoms with Crippen LogP contribution in [-0.2, 0) is 20.0 Å². The lowest BCUT2D eigenvalue weighted by Gasteiger charge is -2.21. The normalized spacial score (nSPS) is 17.9. The van der Waals surface area contributed by atoms with E-state index in [-0.39, 0.29) is 33.5 Å². The van der Waals surface area contributed by atoms with Crippen molar-refractivity contribution in [1.82, 2.24) is 13.9 Å². The summed E-state index contributed by atoms with van der Waals surface area (Å²) in [6.45, 7) is 2.29. The molecule has 0 aliphatic carbocycles. The predicted octanol–water partition coefficient (Wildman–Crippen LogP) is 3.50. The number of halogens is 1. The first-order chi connectivity index (χ1) is 17.7. The van der Waals surface area contributed by atoms with Crippen molar-refractivity contribution in [2.45, 2.75) is 48.3 Å². The molecule has 12 heteroatoms. The van der Waals surface area contributed by atoms with Crippen molar-refractivity contribution in [3.05, 3.63) is 53.1 Å². The average Bonchev–Trinajstić information content (AvgIpc) is 3.30. The van der Waals surface area contributed by atoms with Gasteiger partial charge in [0.1, 0.15) is 17.3 Å². The van der Waals surface area contributed by atoms with Crippen molar-refractivity contribution in [2.24, 2.45) is 0 Å². The van der Waals surface area contributed by atoms with E-state index in [4.69, 9.17) is 16.3 Å². The van der Waals surface area contributed by atoms with Crippen molar-refractivity contribution in [3.63, 3.8) is 0 Å². The third kappa shape index (κ3) is 6.64. The molecule has 37 heavy (non-hydrogen) atoms. The van der Waals surface area contributed by atoms with Crippen LogP contribution in [0.4, 0.5) is 0 Å². The number of carbonyl (C=O) groups excluding carboxylic acids is 1. The van der Waals surface area contributed by atoms with Gasteiger partial charge in [0.05, 0.1) is 16.5 Å². The Morgan fingerprint density at radius 1 is 0.811 bits per heavy atom. The summed E-state index contributed by atoms with van der Waals surface area (Å²) in [6.07, 6.45) is 5.33. The summed E-state index contributed by atoms with van der Waals surface area (Å²) in [4.78, 5) is 12.8. The lowest BCUT2D eigenvalue weighted by Crippen LogP contribution is -2.32. The monoisotopic (exact) mass is 569 g/mol. The van der Waals surface area contributed by atoms with Crippen LogP contribution in [0.5, 0.6) is 5.75 Å². The topological polar surface area (TPSA) is 113 Å². The number of carbonyl (C=O) groups is 1. The van der Waals surface area contributed by atoms with Gasteiger partial charge >= 0.3 is 0 Å². The first kappa shape index (κ1) is 27.8. The highest BCUT2D eigenvalue weighted by molar-refractivity contribution is 7.89. The molecule has 0 bridgehead atoms. The van der Waals surface area contributed by atoms with Crippen molar-refractivity contribution >= 4 is 37.6 Å². The Morgan fingerprint density at radius 2 is 1.38 bits per heavy atom. The summed E-state index contributed by atoms with van der Waals surface area (Å²) in [7, 11) is -7.29. The van der Waals surface area contributed by atoms with E-state index in [2.05, 4.69) is 5.32 Å². The summed E-state index contributed by atoms with van der Waals surface area (Å²) >= 11 is 6.22. The fourth-order valence-electron chi connectivity index (χ4n) is 4.48. The molecule has 2 aliphatic heterocycles. The van der Waals surface area contributed by atoms with E-state index in [9.17, 15) is 21.6 Å². The Balaban J connectivity index is 1.32. The van der Waals surface area contributed by atoms with Gasteiger partial charge in [0.25, 0.3) is 5.91 Å². The molecule has 0 aromatic heterocycles. The number of benzene rings is 2. The number of nitrogens with zero attached hydrogens (tertiary/aromatic N) is 2. The third-order valence-corrected chi connectivity index (χ3v) is 10.9. The third-order valence-electron chi connectivity index (χ3n) is 6.56. The minimum Gasteiger partial charge on any atom is -0.492 e. The molecule has 2 aromatic carbocycles. The molecule has 0 unspecified atom stereocenters. The van der Waals surface area contributed by atoms with Crippen molar-refractivity contribution in [2.75, 3.05) is 39.3 Å². The molecule has 1 N–H and O–H groups in total. The van der Waals surface area contributed by atoms with Crippen LogP contribution < -0.4 is 10.1 Å². The maximum Gasteiger partial charge on any atom is 0.251 e. The number of hydrogen-bond donors (Lipinski definition) is 1. The fraction of sp³-hybridized carbons (Fsp3) is 0.480. The van der Waals surface area contributed by atoms with Gasteiger partial charge in [0.2, 0.25) is 20.0 Å². The van der Waals surface area contributed by atoms with Crippen molar-refractivity contribution in [3.8, 4) is 5.75 Å². The van der Waals surface area contributed by atoms with Crippen LogP contribution in [0, 0.1) is 0 Å². The van der Waals surface area contributed by atoms with E-state index in [1.807, 2.05) is 0 Å². The van der Waals surface area contributed by atoms with Gasteiger partial charge in [0.15, 0.2) is 0 Å². The maximum absolute atomic E-state index is 13.2. The van der Waals surface area contributed by atoms with Crippen LogP contribution >= 0.6 is 11.6 Å². The van der Waals surface area contributed by atoms with E-state index < -0.39 is 26.0 Å². The molecule has 0 saturated carbocycles. The second-order valence-electron chi connectivity index (χ2n) is 9.15. The summed E-state index contributed by atoms with van der Waals surface area (Å²) in [5, 5.41) is 2.79. The molecule has 0 spiro atoms. The van der Waals surface area contributed by atoms with Crippen molar-refractivity contribution in [1.29, 1.82) is 0 Å². The molecule has 9 nitrogen and oxygen atoms in total. The minimum atomic E-state index is -3.80.